The highest BCUT2D eigenvalue weighted by Gasteiger charge is 2.24. The summed E-state index contributed by atoms with van der Waals surface area (Å²) in [4.78, 5) is 0. The second-order valence-electron chi connectivity index (χ2n) is 5.60. The van der Waals surface area contributed by atoms with Gasteiger partial charge in [0.1, 0.15) is 11.8 Å². The van der Waals surface area contributed by atoms with Crippen LogP contribution in [-0.4, -0.2) is 24.9 Å². The predicted molar refractivity (Wildman–Crippen MR) is 76.3 cm³/mol. The first-order valence-electron chi connectivity index (χ1n) is 6.38. The van der Waals surface area contributed by atoms with Gasteiger partial charge in [-0.1, -0.05) is 20.8 Å². The second kappa shape index (κ2) is 6.44. The lowest BCUT2D eigenvalue weighted by Crippen LogP contribution is -2.35. The van der Waals surface area contributed by atoms with E-state index < -0.39 is 0 Å². The standard InChI is InChI=1S/C15H22N2O2/c1-15(2,3)14(7-8-18)17-13-9-12(19-4)6-5-11(13)10-16/h5-6,9,14,17-18H,7-8H2,1-4H3. The minimum absolute atomic E-state index is 0.0153. The van der Waals surface area contributed by atoms with Crippen LogP contribution in [0.3, 0.4) is 0 Å². The number of nitrogens with zero attached hydrogens (tertiary/aromatic N) is 1. The van der Waals surface area contributed by atoms with Crippen molar-refractivity contribution in [1.29, 1.82) is 5.26 Å². The minimum Gasteiger partial charge on any atom is -0.497 e. The van der Waals surface area contributed by atoms with Crippen LogP contribution in [0.5, 0.6) is 5.75 Å². The van der Waals surface area contributed by atoms with E-state index in [9.17, 15) is 5.11 Å². The summed E-state index contributed by atoms with van der Waals surface area (Å²) in [6.07, 6.45) is 0.631. The highest BCUT2D eigenvalue weighted by atomic mass is 16.5. The van der Waals surface area contributed by atoms with Gasteiger partial charge in [-0.05, 0) is 24.0 Å². The number of anilines is 1. The van der Waals surface area contributed by atoms with Gasteiger partial charge < -0.3 is 15.2 Å². The molecule has 0 fully saturated rings. The molecule has 1 aromatic rings. The molecule has 104 valence electrons. The number of benzene rings is 1. The molecular formula is C15H22N2O2. The van der Waals surface area contributed by atoms with Crippen LogP contribution in [0.1, 0.15) is 32.8 Å². The molecule has 0 aliphatic heterocycles. The summed E-state index contributed by atoms with van der Waals surface area (Å²) in [6.45, 7) is 6.42. The van der Waals surface area contributed by atoms with Crippen molar-refractivity contribution in [2.75, 3.05) is 19.0 Å². The summed E-state index contributed by atoms with van der Waals surface area (Å²) in [5, 5.41) is 21.7. The van der Waals surface area contributed by atoms with Gasteiger partial charge in [0.25, 0.3) is 0 Å². The number of rotatable bonds is 5. The van der Waals surface area contributed by atoms with Crippen molar-refractivity contribution in [3.8, 4) is 11.8 Å². The Hall–Kier alpha value is -1.73. The average Bonchev–Trinajstić information content (AvgIpc) is 2.37. The number of hydrogen-bond donors (Lipinski definition) is 2. The topological polar surface area (TPSA) is 65.3 Å². The largest absolute Gasteiger partial charge is 0.497 e. The van der Waals surface area contributed by atoms with Crippen LogP contribution in [0.4, 0.5) is 5.69 Å². The quantitative estimate of drug-likeness (QED) is 0.856. The van der Waals surface area contributed by atoms with E-state index in [2.05, 4.69) is 32.2 Å². The number of nitriles is 1. The molecule has 0 aliphatic rings. The van der Waals surface area contributed by atoms with Gasteiger partial charge >= 0.3 is 0 Å². The molecule has 0 spiro atoms. The zero-order valence-corrected chi connectivity index (χ0v) is 12.0. The van der Waals surface area contributed by atoms with Crippen LogP contribution in [-0.2, 0) is 0 Å². The molecule has 0 saturated carbocycles. The molecule has 1 atom stereocenters. The van der Waals surface area contributed by atoms with E-state index in [1.807, 2.05) is 6.07 Å². The Bertz CT molecular complexity index is 458. The molecular weight excluding hydrogens is 240 g/mol. The predicted octanol–water partition coefficient (Wildman–Crippen LogP) is 2.78. The number of nitrogens with one attached hydrogen (secondary N) is 1. The van der Waals surface area contributed by atoms with E-state index in [0.717, 1.165) is 5.69 Å². The van der Waals surface area contributed by atoms with E-state index in [0.29, 0.717) is 17.7 Å². The van der Waals surface area contributed by atoms with Crippen molar-refractivity contribution in [3.63, 3.8) is 0 Å². The van der Waals surface area contributed by atoms with Crippen LogP contribution < -0.4 is 10.1 Å². The molecule has 1 aromatic carbocycles. The molecule has 0 radical (unpaired) electrons. The van der Waals surface area contributed by atoms with E-state index >= 15 is 0 Å². The normalized spacial score (nSPS) is 12.6. The van der Waals surface area contributed by atoms with Crippen LogP contribution in [0, 0.1) is 16.7 Å². The maximum absolute atomic E-state index is 9.18. The fraction of sp³-hybridized carbons (Fsp3) is 0.533. The minimum atomic E-state index is -0.0153. The Morgan fingerprint density at radius 1 is 1.42 bits per heavy atom. The Morgan fingerprint density at radius 3 is 2.58 bits per heavy atom. The van der Waals surface area contributed by atoms with Crippen LogP contribution in [0.25, 0.3) is 0 Å². The summed E-state index contributed by atoms with van der Waals surface area (Å²) >= 11 is 0. The summed E-state index contributed by atoms with van der Waals surface area (Å²) in [7, 11) is 1.60. The zero-order valence-electron chi connectivity index (χ0n) is 12.0. The Morgan fingerprint density at radius 2 is 2.11 bits per heavy atom. The van der Waals surface area contributed by atoms with Gasteiger partial charge in [-0.3, -0.25) is 0 Å². The van der Waals surface area contributed by atoms with Gasteiger partial charge in [0.2, 0.25) is 0 Å². The first kappa shape index (κ1) is 15.3. The third-order valence-electron chi connectivity index (χ3n) is 3.14. The molecule has 4 heteroatoms. The first-order valence-corrected chi connectivity index (χ1v) is 6.38. The smallest absolute Gasteiger partial charge is 0.121 e. The monoisotopic (exact) mass is 262 g/mol. The number of aliphatic hydroxyl groups excluding tert-OH is 1. The Balaban J connectivity index is 3.04. The molecule has 0 heterocycles. The lowest BCUT2D eigenvalue weighted by atomic mass is 9.84. The highest BCUT2D eigenvalue weighted by molar-refractivity contribution is 5.61. The lowest BCUT2D eigenvalue weighted by Gasteiger charge is -2.32. The van der Waals surface area contributed by atoms with Gasteiger partial charge in [-0.25, -0.2) is 0 Å². The molecule has 1 rings (SSSR count). The van der Waals surface area contributed by atoms with Gasteiger partial charge in [-0.15, -0.1) is 0 Å². The first-order chi connectivity index (χ1) is 8.92. The fourth-order valence-electron chi connectivity index (χ4n) is 1.91. The maximum atomic E-state index is 9.18. The molecule has 0 aromatic heterocycles. The second-order valence-corrected chi connectivity index (χ2v) is 5.60. The van der Waals surface area contributed by atoms with E-state index in [1.54, 1.807) is 19.2 Å². The summed E-state index contributed by atoms with van der Waals surface area (Å²) in [5.74, 6) is 0.707. The van der Waals surface area contributed by atoms with Gasteiger partial charge in [-0.2, -0.15) is 5.26 Å². The summed E-state index contributed by atoms with van der Waals surface area (Å²) < 4.78 is 5.18. The molecule has 19 heavy (non-hydrogen) atoms. The van der Waals surface area contributed by atoms with Gasteiger partial charge in [0, 0.05) is 18.7 Å². The van der Waals surface area contributed by atoms with Crippen LogP contribution >= 0.6 is 0 Å². The van der Waals surface area contributed by atoms with E-state index in [-0.39, 0.29) is 18.1 Å². The number of hydrogen-bond acceptors (Lipinski definition) is 4. The van der Waals surface area contributed by atoms with Gasteiger partial charge in [0.15, 0.2) is 0 Å². The van der Waals surface area contributed by atoms with Crippen molar-refractivity contribution < 1.29 is 9.84 Å². The van der Waals surface area contributed by atoms with Crippen molar-refractivity contribution >= 4 is 5.69 Å². The van der Waals surface area contributed by atoms with Crippen molar-refractivity contribution in [1.82, 2.24) is 0 Å². The van der Waals surface area contributed by atoms with Gasteiger partial charge in [0.05, 0.1) is 18.4 Å². The third-order valence-corrected chi connectivity index (χ3v) is 3.14. The maximum Gasteiger partial charge on any atom is 0.121 e. The zero-order chi connectivity index (χ0) is 14.5. The molecule has 0 bridgehead atoms. The summed E-state index contributed by atoms with van der Waals surface area (Å²) in [5.41, 5.74) is 1.31. The molecule has 2 N–H and O–H groups in total. The summed E-state index contributed by atoms with van der Waals surface area (Å²) in [6, 6.07) is 7.56. The average molecular weight is 262 g/mol. The number of aliphatic hydroxyl groups is 1. The Labute approximate surface area is 115 Å². The molecule has 0 aliphatic carbocycles. The molecule has 1 unspecified atom stereocenters. The molecule has 0 amide bonds. The Kier molecular flexibility index (Phi) is 5.20. The third kappa shape index (κ3) is 4.15. The molecule has 4 nitrogen and oxygen atoms in total. The number of ether oxygens (including phenoxy) is 1. The lowest BCUT2D eigenvalue weighted by molar-refractivity contribution is 0.235. The highest BCUT2D eigenvalue weighted by Crippen LogP contribution is 2.29. The van der Waals surface area contributed by atoms with Crippen molar-refractivity contribution in [3.05, 3.63) is 23.8 Å². The van der Waals surface area contributed by atoms with Crippen LogP contribution in [0.2, 0.25) is 0 Å². The van der Waals surface area contributed by atoms with Crippen LogP contribution in [0.15, 0.2) is 18.2 Å². The SMILES string of the molecule is COc1ccc(C#N)c(NC(CCO)C(C)(C)C)c1. The number of methoxy groups -OCH3 is 1. The fourth-order valence-corrected chi connectivity index (χ4v) is 1.91. The van der Waals surface area contributed by atoms with E-state index in [1.165, 1.54) is 0 Å². The van der Waals surface area contributed by atoms with Crippen molar-refractivity contribution in [2.45, 2.75) is 33.2 Å². The van der Waals surface area contributed by atoms with E-state index in [4.69, 9.17) is 10.00 Å². The molecule has 0 saturated heterocycles. The van der Waals surface area contributed by atoms with Crippen molar-refractivity contribution in [2.24, 2.45) is 5.41 Å².